The molecule has 3 heterocycles. The second kappa shape index (κ2) is 7.97. The van der Waals surface area contributed by atoms with Gasteiger partial charge in [0.15, 0.2) is 0 Å². The molecule has 1 atom stereocenters. The number of carbonyl (C=O) groups excluding carboxylic acids is 1. The van der Waals surface area contributed by atoms with Gasteiger partial charge in [0.25, 0.3) is 5.91 Å². The summed E-state index contributed by atoms with van der Waals surface area (Å²) in [5.74, 6) is 0.358. The minimum Gasteiger partial charge on any atom is -0.335 e. The summed E-state index contributed by atoms with van der Waals surface area (Å²) in [4.78, 5) is 19.0. The first-order valence-corrected chi connectivity index (χ1v) is 10.8. The summed E-state index contributed by atoms with van der Waals surface area (Å²) in [6, 6.07) is 14.3. The van der Waals surface area contributed by atoms with Crippen LogP contribution < -0.4 is 0 Å². The Kier molecular flexibility index (Phi) is 5.39. The van der Waals surface area contributed by atoms with Crippen molar-refractivity contribution < 1.29 is 4.79 Å². The number of benzene rings is 1. The molecule has 1 saturated heterocycles. The normalized spacial score (nSPS) is 16.3. The first-order chi connectivity index (χ1) is 14.0. The van der Waals surface area contributed by atoms with E-state index in [1.54, 1.807) is 0 Å². The quantitative estimate of drug-likeness (QED) is 0.661. The Hall–Kier alpha value is -2.69. The SMILES string of the molecule is Cc1nn(-c2ccccc2)c2sc(C(=O)N3CCN(C(C#N)C(C)C)CC3)cc12. The predicted molar refractivity (Wildman–Crippen MR) is 115 cm³/mol. The molecule has 1 unspecified atom stereocenters. The first kappa shape index (κ1) is 19.6. The standard InChI is InChI=1S/C22H25N5OS/c1-15(2)19(14-23)25-9-11-26(12-10-25)21(28)20-13-18-16(3)24-27(22(18)29-20)17-7-5-4-6-8-17/h4-8,13,15,19H,9-12H2,1-3H3. The Bertz CT molecular complexity index is 1050. The van der Waals surface area contributed by atoms with E-state index < -0.39 is 0 Å². The van der Waals surface area contributed by atoms with Gasteiger partial charge in [-0.3, -0.25) is 9.69 Å². The second-order valence-corrected chi connectivity index (χ2v) is 8.84. The fourth-order valence-corrected chi connectivity index (χ4v) is 5.06. The van der Waals surface area contributed by atoms with Crippen LogP contribution in [0.15, 0.2) is 36.4 Å². The van der Waals surface area contributed by atoms with Gasteiger partial charge in [0.2, 0.25) is 0 Å². The smallest absolute Gasteiger partial charge is 0.264 e. The van der Waals surface area contributed by atoms with Crippen molar-refractivity contribution >= 4 is 27.5 Å². The van der Waals surface area contributed by atoms with E-state index in [4.69, 9.17) is 0 Å². The lowest BCUT2D eigenvalue weighted by Crippen LogP contribution is -2.52. The Morgan fingerprint density at radius 1 is 1.17 bits per heavy atom. The summed E-state index contributed by atoms with van der Waals surface area (Å²) in [5.41, 5.74) is 1.93. The number of hydrogen-bond donors (Lipinski definition) is 0. The highest BCUT2D eigenvalue weighted by molar-refractivity contribution is 7.20. The molecular formula is C22H25N5OS. The average molecular weight is 408 g/mol. The first-order valence-electron chi connectivity index (χ1n) is 9.97. The van der Waals surface area contributed by atoms with Gasteiger partial charge in [-0.25, -0.2) is 4.68 Å². The maximum Gasteiger partial charge on any atom is 0.264 e. The maximum atomic E-state index is 13.1. The fraction of sp³-hybridized carbons (Fsp3) is 0.409. The lowest BCUT2D eigenvalue weighted by atomic mass is 10.0. The van der Waals surface area contributed by atoms with E-state index in [1.165, 1.54) is 11.3 Å². The molecule has 1 fully saturated rings. The Balaban J connectivity index is 1.54. The molecule has 6 nitrogen and oxygen atoms in total. The number of nitrogens with zero attached hydrogens (tertiary/aromatic N) is 5. The molecule has 29 heavy (non-hydrogen) atoms. The van der Waals surface area contributed by atoms with Crippen LogP contribution in [0.5, 0.6) is 0 Å². The zero-order chi connectivity index (χ0) is 20.5. The number of para-hydroxylation sites is 1. The van der Waals surface area contributed by atoms with Crippen molar-refractivity contribution in [3.8, 4) is 11.8 Å². The zero-order valence-corrected chi connectivity index (χ0v) is 17.8. The lowest BCUT2D eigenvalue weighted by Gasteiger charge is -2.38. The van der Waals surface area contributed by atoms with Gasteiger partial charge in [0.05, 0.1) is 22.3 Å². The van der Waals surface area contributed by atoms with Crippen LogP contribution in [0.2, 0.25) is 0 Å². The average Bonchev–Trinajstić information content (AvgIpc) is 3.30. The molecule has 1 aromatic carbocycles. The van der Waals surface area contributed by atoms with Gasteiger partial charge in [-0.15, -0.1) is 11.3 Å². The van der Waals surface area contributed by atoms with Gasteiger partial charge < -0.3 is 4.90 Å². The van der Waals surface area contributed by atoms with Gasteiger partial charge in [-0.05, 0) is 31.0 Å². The van der Waals surface area contributed by atoms with Crippen molar-refractivity contribution in [2.24, 2.45) is 5.92 Å². The number of thiophene rings is 1. The van der Waals surface area contributed by atoms with Crippen molar-refractivity contribution in [3.63, 3.8) is 0 Å². The van der Waals surface area contributed by atoms with Crippen LogP contribution in [0, 0.1) is 24.2 Å². The van der Waals surface area contributed by atoms with Gasteiger partial charge >= 0.3 is 0 Å². The van der Waals surface area contributed by atoms with Crippen molar-refractivity contribution in [2.45, 2.75) is 26.8 Å². The topological polar surface area (TPSA) is 65.2 Å². The molecule has 2 aromatic heterocycles. The summed E-state index contributed by atoms with van der Waals surface area (Å²) in [5, 5.41) is 15.1. The van der Waals surface area contributed by atoms with Crippen LogP contribution in [0.3, 0.4) is 0 Å². The number of rotatable bonds is 4. The van der Waals surface area contributed by atoms with Crippen LogP contribution >= 0.6 is 11.3 Å². The highest BCUT2D eigenvalue weighted by Gasteiger charge is 2.29. The highest BCUT2D eigenvalue weighted by Crippen LogP contribution is 2.31. The maximum absolute atomic E-state index is 13.1. The summed E-state index contributed by atoms with van der Waals surface area (Å²) in [7, 11) is 0. The fourth-order valence-electron chi connectivity index (χ4n) is 3.91. The molecule has 7 heteroatoms. The van der Waals surface area contributed by atoms with E-state index in [9.17, 15) is 10.1 Å². The molecule has 4 rings (SSSR count). The molecular weight excluding hydrogens is 382 g/mol. The molecule has 3 aromatic rings. The summed E-state index contributed by atoms with van der Waals surface area (Å²) < 4.78 is 1.92. The Morgan fingerprint density at radius 3 is 2.48 bits per heavy atom. The van der Waals surface area contributed by atoms with E-state index in [-0.39, 0.29) is 17.9 Å². The molecule has 0 spiro atoms. The molecule has 0 aliphatic carbocycles. The van der Waals surface area contributed by atoms with Gasteiger partial charge in [-0.2, -0.15) is 10.4 Å². The van der Waals surface area contributed by atoms with E-state index >= 15 is 0 Å². The van der Waals surface area contributed by atoms with Gasteiger partial charge in [-0.1, -0.05) is 32.0 Å². The summed E-state index contributed by atoms with van der Waals surface area (Å²) in [6.45, 7) is 8.91. The van der Waals surface area contributed by atoms with Crippen LogP contribution in [-0.2, 0) is 0 Å². The van der Waals surface area contributed by atoms with Crippen LogP contribution in [-0.4, -0.2) is 57.7 Å². The summed E-state index contributed by atoms with van der Waals surface area (Å²) in [6.07, 6.45) is 0. The number of aryl methyl sites for hydroxylation is 1. The predicted octanol–water partition coefficient (Wildman–Crippen LogP) is 3.70. The monoisotopic (exact) mass is 407 g/mol. The third-order valence-corrected chi connectivity index (χ3v) is 6.61. The minimum absolute atomic E-state index is 0.0721. The number of piperazine rings is 1. The highest BCUT2D eigenvalue weighted by atomic mass is 32.1. The molecule has 0 radical (unpaired) electrons. The molecule has 0 bridgehead atoms. The Morgan fingerprint density at radius 2 is 1.86 bits per heavy atom. The number of hydrogen-bond acceptors (Lipinski definition) is 5. The van der Waals surface area contributed by atoms with Crippen molar-refractivity contribution in [1.29, 1.82) is 5.26 Å². The van der Waals surface area contributed by atoms with Crippen LogP contribution in [0.4, 0.5) is 0 Å². The number of aromatic nitrogens is 2. The van der Waals surface area contributed by atoms with Gasteiger partial charge in [0.1, 0.15) is 10.9 Å². The van der Waals surface area contributed by atoms with E-state index in [2.05, 4.69) is 29.9 Å². The number of fused-ring (bicyclic) bond motifs is 1. The molecule has 1 aliphatic heterocycles. The van der Waals surface area contributed by atoms with E-state index in [0.717, 1.165) is 39.6 Å². The Labute approximate surface area is 175 Å². The lowest BCUT2D eigenvalue weighted by molar-refractivity contribution is 0.0581. The summed E-state index contributed by atoms with van der Waals surface area (Å²) >= 11 is 1.50. The zero-order valence-electron chi connectivity index (χ0n) is 17.0. The van der Waals surface area contributed by atoms with Crippen LogP contribution in [0.25, 0.3) is 15.9 Å². The third-order valence-electron chi connectivity index (χ3n) is 5.51. The molecule has 0 N–H and O–H groups in total. The van der Waals surface area contributed by atoms with E-state index in [0.29, 0.717) is 13.1 Å². The molecule has 150 valence electrons. The van der Waals surface area contributed by atoms with Gasteiger partial charge in [0, 0.05) is 31.6 Å². The number of amides is 1. The molecule has 0 saturated carbocycles. The largest absolute Gasteiger partial charge is 0.335 e. The molecule has 1 aliphatic rings. The van der Waals surface area contributed by atoms with Crippen molar-refractivity contribution in [1.82, 2.24) is 19.6 Å². The number of carbonyl (C=O) groups is 1. The van der Waals surface area contributed by atoms with Crippen molar-refractivity contribution in [3.05, 3.63) is 47.0 Å². The number of nitriles is 1. The third kappa shape index (κ3) is 3.66. The van der Waals surface area contributed by atoms with E-state index in [1.807, 2.05) is 52.9 Å². The minimum atomic E-state index is -0.0870. The van der Waals surface area contributed by atoms with Crippen LogP contribution in [0.1, 0.15) is 29.2 Å². The van der Waals surface area contributed by atoms with Crippen molar-refractivity contribution in [2.75, 3.05) is 26.2 Å². The molecule has 1 amide bonds. The second-order valence-electron chi connectivity index (χ2n) is 7.81.